The minimum atomic E-state index is -0.647. The third kappa shape index (κ3) is 2.87. The van der Waals surface area contributed by atoms with Gasteiger partial charge >= 0.3 is 0 Å². The van der Waals surface area contributed by atoms with E-state index in [1.165, 1.54) is 12.1 Å². The van der Waals surface area contributed by atoms with Crippen LogP contribution in [0.2, 0.25) is 0 Å². The van der Waals surface area contributed by atoms with Gasteiger partial charge in [-0.05, 0) is 36.2 Å². The maximum atomic E-state index is 13.0. The number of carbonyl (C=O) groups is 3. The maximum absolute atomic E-state index is 13.0. The summed E-state index contributed by atoms with van der Waals surface area (Å²) in [5.41, 5.74) is 0.0553. The van der Waals surface area contributed by atoms with E-state index in [0.717, 1.165) is 30.2 Å². The van der Waals surface area contributed by atoms with E-state index in [-0.39, 0.29) is 46.1 Å². The SMILES string of the molecule is CC1(C)C[C@H]2C[C@@](C)(CN2C(=O)CN2C(=O)c3ccc([N+](=O)[O-])cc3C2=O)C1. The molecule has 1 aromatic carbocycles. The first-order chi connectivity index (χ1) is 13.0. The molecule has 1 saturated carbocycles. The van der Waals surface area contributed by atoms with Crippen molar-refractivity contribution in [2.45, 2.75) is 46.1 Å². The second-order valence-electron chi connectivity index (χ2n) is 9.42. The van der Waals surface area contributed by atoms with Gasteiger partial charge in [0.1, 0.15) is 6.54 Å². The number of non-ortho nitro benzene ring substituents is 1. The number of imide groups is 1. The highest BCUT2D eigenvalue weighted by Gasteiger charge is 2.51. The van der Waals surface area contributed by atoms with Crippen molar-refractivity contribution in [3.63, 3.8) is 0 Å². The van der Waals surface area contributed by atoms with E-state index in [1.807, 2.05) is 4.90 Å². The van der Waals surface area contributed by atoms with Crippen LogP contribution in [-0.4, -0.2) is 51.6 Å². The molecule has 4 rings (SSSR count). The summed E-state index contributed by atoms with van der Waals surface area (Å²) in [7, 11) is 0. The molecule has 2 bridgehead atoms. The molecule has 1 saturated heterocycles. The first-order valence-corrected chi connectivity index (χ1v) is 9.44. The van der Waals surface area contributed by atoms with E-state index in [2.05, 4.69) is 20.8 Å². The van der Waals surface area contributed by atoms with Gasteiger partial charge in [0.2, 0.25) is 5.91 Å². The van der Waals surface area contributed by atoms with Gasteiger partial charge in [-0.3, -0.25) is 29.4 Å². The molecule has 28 heavy (non-hydrogen) atoms. The average molecular weight is 385 g/mol. The molecule has 0 spiro atoms. The Morgan fingerprint density at radius 2 is 1.86 bits per heavy atom. The number of nitrogens with zero attached hydrogens (tertiary/aromatic N) is 3. The van der Waals surface area contributed by atoms with Crippen molar-refractivity contribution < 1.29 is 19.3 Å². The van der Waals surface area contributed by atoms with E-state index < -0.39 is 16.7 Å². The summed E-state index contributed by atoms with van der Waals surface area (Å²) in [5.74, 6) is -1.46. The second-order valence-corrected chi connectivity index (χ2v) is 9.42. The Labute approximate surface area is 162 Å². The highest BCUT2D eigenvalue weighted by molar-refractivity contribution is 6.22. The number of nitro benzene ring substituents is 1. The number of likely N-dealkylation sites (tertiary alicyclic amines) is 1. The number of hydrogen-bond donors (Lipinski definition) is 0. The zero-order chi connectivity index (χ0) is 20.4. The Kier molecular flexibility index (Phi) is 3.89. The van der Waals surface area contributed by atoms with Crippen molar-refractivity contribution in [2.75, 3.05) is 13.1 Å². The van der Waals surface area contributed by atoms with Crippen molar-refractivity contribution in [2.24, 2.45) is 10.8 Å². The van der Waals surface area contributed by atoms with Crippen LogP contribution in [0.1, 0.15) is 60.7 Å². The first-order valence-electron chi connectivity index (χ1n) is 9.44. The molecule has 1 aliphatic carbocycles. The van der Waals surface area contributed by atoms with Crippen LogP contribution < -0.4 is 0 Å². The molecule has 2 heterocycles. The fourth-order valence-corrected chi connectivity index (χ4v) is 5.51. The Hall–Kier alpha value is -2.77. The molecule has 2 aliphatic heterocycles. The van der Waals surface area contributed by atoms with Crippen LogP contribution >= 0.6 is 0 Å². The fraction of sp³-hybridized carbons (Fsp3) is 0.550. The van der Waals surface area contributed by atoms with Crippen molar-refractivity contribution >= 4 is 23.4 Å². The number of rotatable bonds is 3. The highest BCUT2D eigenvalue weighted by Crippen LogP contribution is 2.52. The summed E-state index contributed by atoms with van der Waals surface area (Å²) >= 11 is 0. The zero-order valence-electron chi connectivity index (χ0n) is 16.2. The van der Waals surface area contributed by atoms with Gasteiger partial charge in [0.25, 0.3) is 17.5 Å². The summed E-state index contributed by atoms with van der Waals surface area (Å²) in [4.78, 5) is 51.3. The summed E-state index contributed by atoms with van der Waals surface area (Å²) in [6, 6.07) is 3.70. The third-order valence-electron chi connectivity index (χ3n) is 6.19. The van der Waals surface area contributed by atoms with Gasteiger partial charge in [-0.15, -0.1) is 0 Å². The molecule has 0 N–H and O–H groups in total. The minimum absolute atomic E-state index is 0.0136. The number of benzene rings is 1. The van der Waals surface area contributed by atoms with Crippen LogP contribution in [0.4, 0.5) is 5.69 Å². The van der Waals surface area contributed by atoms with Crippen molar-refractivity contribution in [1.29, 1.82) is 0 Å². The van der Waals surface area contributed by atoms with Gasteiger partial charge in [0, 0.05) is 24.7 Å². The predicted molar refractivity (Wildman–Crippen MR) is 99.7 cm³/mol. The van der Waals surface area contributed by atoms with Crippen molar-refractivity contribution in [1.82, 2.24) is 9.80 Å². The lowest BCUT2D eigenvalue weighted by molar-refractivity contribution is -0.384. The third-order valence-corrected chi connectivity index (χ3v) is 6.19. The Balaban J connectivity index is 1.54. The van der Waals surface area contributed by atoms with Crippen LogP contribution in [0.25, 0.3) is 0 Å². The van der Waals surface area contributed by atoms with Gasteiger partial charge in [0.05, 0.1) is 16.1 Å². The topological polar surface area (TPSA) is 101 Å². The molecule has 0 aromatic heterocycles. The predicted octanol–water partition coefficient (Wildman–Crippen LogP) is 2.62. The number of nitro groups is 1. The number of fused-ring (bicyclic) bond motifs is 3. The largest absolute Gasteiger partial charge is 0.338 e. The molecule has 1 aromatic rings. The van der Waals surface area contributed by atoms with Crippen LogP contribution in [0.15, 0.2) is 18.2 Å². The highest BCUT2D eigenvalue weighted by atomic mass is 16.6. The van der Waals surface area contributed by atoms with Crippen LogP contribution in [0, 0.1) is 20.9 Å². The Morgan fingerprint density at radius 1 is 1.18 bits per heavy atom. The molecule has 2 fully saturated rings. The average Bonchev–Trinajstić information content (AvgIpc) is 2.98. The maximum Gasteiger partial charge on any atom is 0.270 e. The molecule has 0 radical (unpaired) electrons. The molecular weight excluding hydrogens is 362 g/mol. The minimum Gasteiger partial charge on any atom is -0.338 e. The van der Waals surface area contributed by atoms with Crippen molar-refractivity contribution in [3.05, 3.63) is 39.4 Å². The van der Waals surface area contributed by atoms with E-state index in [9.17, 15) is 24.5 Å². The molecule has 3 aliphatic rings. The van der Waals surface area contributed by atoms with Crippen LogP contribution in [0.5, 0.6) is 0 Å². The lowest BCUT2D eigenvalue weighted by Gasteiger charge is -2.39. The van der Waals surface area contributed by atoms with Crippen LogP contribution in [0.3, 0.4) is 0 Å². The van der Waals surface area contributed by atoms with E-state index in [4.69, 9.17) is 0 Å². The Bertz CT molecular complexity index is 924. The number of amides is 3. The molecule has 148 valence electrons. The molecule has 0 unspecified atom stereocenters. The summed E-state index contributed by atoms with van der Waals surface area (Å²) < 4.78 is 0. The smallest absolute Gasteiger partial charge is 0.270 e. The molecule has 3 amide bonds. The Morgan fingerprint density at radius 3 is 2.54 bits per heavy atom. The van der Waals surface area contributed by atoms with Gasteiger partial charge in [0.15, 0.2) is 0 Å². The number of carbonyl (C=O) groups excluding carboxylic acids is 3. The second kappa shape index (κ2) is 5.86. The van der Waals surface area contributed by atoms with Gasteiger partial charge in [-0.1, -0.05) is 20.8 Å². The van der Waals surface area contributed by atoms with Crippen LogP contribution in [-0.2, 0) is 4.79 Å². The van der Waals surface area contributed by atoms with Gasteiger partial charge in [-0.2, -0.15) is 0 Å². The normalized spacial score (nSPS) is 27.9. The fourth-order valence-electron chi connectivity index (χ4n) is 5.51. The van der Waals surface area contributed by atoms with Gasteiger partial charge < -0.3 is 4.90 Å². The van der Waals surface area contributed by atoms with E-state index in [1.54, 1.807) is 0 Å². The molecule has 2 atom stereocenters. The first kappa shape index (κ1) is 18.6. The quantitative estimate of drug-likeness (QED) is 0.452. The molecule has 8 nitrogen and oxygen atoms in total. The summed E-state index contributed by atoms with van der Waals surface area (Å²) in [6.45, 7) is 6.92. The summed E-state index contributed by atoms with van der Waals surface area (Å²) in [5, 5.41) is 10.9. The summed E-state index contributed by atoms with van der Waals surface area (Å²) in [6.07, 6.45) is 2.89. The molecular formula is C20H23N3O5. The van der Waals surface area contributed by atoms with Crippen molar-refractivity contribution in [3.8, 4) is 0 Å². The van der Waals surface area contributed by atoms with E-state index >= 15 is 0 Å². The standard InChI is InChI=1S/C20H23N3O5/c1-19(2)7-13-8-20(3,10-19)11-22(13)16(24)9-21-17(25)14-5-4-12(23(27)28)6-15(14)18(21)26/h4-6,13H,7-11H2,1-3H3/t13-,20+/m0/s1. The number of hydrogen-bond acceptors (Lipinski definition) is 5. The van der Waals surface area contributed by atoms with Gasteiger partial charge in [-0.25, -0.2) is 0 Å². The monoisotopic (exact) mass is 385 g/mol. The zero-order valence-corrected chi connectivity index (χ0v) is 16.2. The molecule has 8 heteroatoms. The lowest BCUT2D eigenvalue weighted by atomic mass is 9.65. The van der Waals surface area contributed by atoms with E-state index in [0.29, 0.717) is 6.54 Å². The lowest BCUT2D eigenvalue weighted by Crippen LogP contribution is -2.45.